The molecule has 3 rings (SSSR count). The van der Waals surface area contributed by atoms with Crippen molar-refractivity contribution in [3.8, 4) is 0 Å². The van der Waals surface area contributed by atoms with Crippen molar-refractivity contribution in [1.82, 2.24) is 5.32 Å². The first-order chi connectivity index (χ1) is 9.15. The average Bonchev–Trinajstić information content (AvgIpc) is 2.41. The Balaban J connectivity index is 1.65. The van der Waals surface area contributed by atoms with Crippen LogP contribution in [0.25, 0.3) is 0 Å². The Morgan fingerprint density at radius 2 is 1.84 bits per heavy atom. The van der Waals surface area contributed by atoms with Gasteiger partial charge in [-0.05, 0) is 48.6 Å². The molecule has 0 spiro atoms. The average molecular weight is 257 g/mol. The number of benzene rings is 1. The fourth-order valence-corrected chi connectivity index (χ4v) is 3.93. The molecule has 1 heteroatoms. The Kier molecular flexibility index (Phi) is 3.66. The lowest BCUT2D eigenvalue weighted by atomic mass is 9.72. The van der Waals surface area contributed by atoms with Gasteiger partial charge in [-0.2, -0.15) is 0 Å². The minimum atomic E-state index is 0.481. The van der Waals surface area contributed by atoms with Crippen LogP contribution in [0.2, 0.25) is 0 Å². The van der Waals surface area contributed by atoms with Gasteiger partial charge in [0.05, 0.1) is 0 Å². The van der Waals surface area contributed by atoms with Crippen LogP contribution in [0.15, 0.2) is 24.3 Å². The van der Waals surface area contributed by atoms with E-state index < -0.39 is 0 Å². The number of hydrogen-bond donors (Lipinski definition) is 1. The SMILES string of the molecule is CC1(C)CCCCC1NC1CCc2ccccc2C1. The standard InChI is InChI=1S/C18H27N/c1-18(2)12-6-5-9-17(18)19-16-11-10-14-7-3-4-8-15(14)13-16/h3-4,7-8,16-17,19H,5-6,9-13H2,1-2H3. The molecule has 1 aromatic rings. The fraction of sp³-hybridized carbons (Fsp3) is 0.667. The van der Waals surface area contributed by atoms with Gasteiger partial charge in [0.15, 0.2) is 0 Å². The van der Waals surface area contributed by atoms with Crippen LogP contribution in [0.3, 0.4) is 0 Å². The molecule has 104 valence electrons. The summed E-state index contributed by atoms with van der Waals surface area (Å²) < 4.78 is 0. The van der Waals surface area contributed by atoms with E-state index in [1.165, 1.54) is 44.9 Å². The van der Waals surface area contributed by atoms with Crippen molar-refractivity contribution < 1.29 is 0 Å². The first kappa shape index (κ1) is 13.2. The van der Waals surface area contributed by atoms with E-state index in [4.69, 9.17) is 0 Å². The van der Waals surface area contributed by atoms with Gasteiger partial charge >= 0.3 is 0 Å². The zero-order chi connectivity index (χ0) is 13.3. The molecule has 0 radical (unpaired) electrons. The van der Waals surface area contributed by atoms with Crippen LogP contribution in [-0.2, 0) is 12.8 Å². The normalized spacial score (nSPS) is 29.8. The van der Waals surface area contributed by atoms with Crippen molar-refractivity contribution in [2.75, 3.05) is 0 Å². The highest BCUT2D eigenvalue weighted by Gasteiger charge is 2.33. The Hall–Kier alpha value is -0.820. The van der Waals surface area contributed by atoms with Crippen molar-refractivity contribution in [3.05, 3.63) is 35.4 Å². The van der Waals surface area contributed by atoms with E-state index in [0.29, 0.717) is 11.5 Å². The van der Waals surface area contributed by atoms with Gasteiger partial charge in [0.2, 0.25) is 0 Å². The van der Waals surface area contributed by atoms with Gasteiger partial charge in [0.25, 0.3) is 0 Å². The van der Waals surface area contributed by atoms with Crippen LogP contribution in [-0.4, -0.2) is 12.1 Å². The zero-order valence-electron chi connectivity index (χ0n) is 12.4. The summed E-state index contributed by atoms with van der Waals surface area (Å²) >= 11 is 0. The van der Waals surface area contributed by atoms with Crippen molar-refractivity contribution in [3.63, 3.8) is 0 Å². The third-order valence-corrected chi connectivity index (χ3v) is 5.29. The monoisotopic (exact) mass is 257 g/mol. The molecular formula is C18H27N. The van der Waals surface area contributed by atoms with Gasteiger partial charge in [0, 0.05) is 12.1 Å². The molecule has 0 amide bonds. The second kappa shape index (κ2) is 5.28. The summed E-state index contributed by atoms with van der Waals surface area (Å²) in [6, 6.07) is 10.4. The molecule has 2 aliphatic rings. The summed E-state index contributed by atoms with van der Waals surface area (Å²) in [6.45, 7) is 4.89. The van der Waals surface area contributed by atoms with Crippen LogP contribution < -0.4 is 5.32 Å². The molecule has 0 aromatic heterocycles. The molecule has 19 heavy (non-hydrogen) atoms. The van der Waals surface area contributed by atoms with Gasteiger partial charge < -0.3 is 5.32 Å². The minimum Gasteiger partial charge on any atom is -0.310 e. The lowest BCUT2D eigenvalue weighted by molar-refractivity contribution is 0.152. The molecule has 2 unspecified atom stereocenters. The molecule has 1 nitrogen and oxygen atoms in total. The molecule has 0 aliphatic heterocycles. The maximum absolute atomic E-state index is 3.99. The van der Waals surface area contributed by atoms with Gasteiger partial charge in [-0.15, -0.1) is 0 Å². The molecule has 1 N–H and O–H groups in total. The largest absolute Gasteiger partial charge is 0.310 e. The van der Waals surface area contributed by atoms with Crippen molar-refractivity contribution in [1.29, 1.82) is 0 Å². The summed E-state index contributed by atoms with van der Waals surface area (Å²) in [5.41, 5.74) is 3.62. The first-order valence-corrected chi connectivity index (χ1v) is 7.98. The second-order valence-corrected chi connectivity index (χ2v) is 7.16. The summed E-state index contributed by atoms with van der Waals surface area (Å²) in [6.07, 6.45) is 9.36. The third kappa shape index (κ3) is 2.86. The van der Waals surface area contributed by atoms with Crippen molar-refractivity contribution in [2.45, 2.75) is 70.9 Å². The fourth-order valence-electron chi connectivity index (χ4n) is 3.93. The van der Waals surface area contributed by atoms with E-state index in [0.717, 1.165) is 6.04 Å². The number of aryl methyl sites for hydroxylation is 1. The Morgan fingerprint density at radius 3 is 2.63 bits per heavy atom. The van der Waals surface area contributed by atoms with Crippen molar-refractivity contribution in [2.24, 2.45) is 5.41 Å². The quantitative estimate of drug-likeness (QED) is 0.841. The van der Waals surface area contributed by atoms with E-state index in [1.807, 2.05) is 0 Å². The number of hydrogen-bond acceptors (Lipinski definition) is 1. The Morgan fingerprint density at radius 1 is 1.05 bits per heavy atom. The lowest BCUT2D eigenvalue weighted by Crippen LogP contribution is -2.50. The maximum atomic E-state index is 3.99. The second-order valence-electron chi connectivity index (χ2n) is 7.16. The molecule has 0 saturated heterocycles. The summed E-state index contributed by atoms with van der Waals surface area (Å²) in [5, 5.41) is 3.99. The maximum Gasteiger partial charge on any atom is 0.0121 e. The summed E-state index contributed by atoms with van der Waals surface area (Å²) in [4.78, 5) is 0. The van der Waals surface area contributed by atoms with Crippen LogP contribution in [0.4, 0.5) is 0 Å². The van der Waals surface area contributed by atoms with Crippen LogP contribution >= 0.6 is 0 Å². The smallest absolute Gasteiger partial charge is 0.0121 e. The number of nitrogens with one attached hydrogen (secondary N) is 1. The number of rotatable bonds is 2. The molecule has 1 saturated carbocycles. The zero-order valence-corrected chi connectivity index (χ0v) is 12.4. The molecule has 2 aliphatic carbocycles. The summed E-state index contributed by atoms with van der Waals surface area (Å²) in [7, 11) is 0. The predicted octanol–water partition coefficient (Wildman–Crippen LogP) is 4.10. The first-order valence-electron chi connectivity index (χ1n) is 7.98. The molecule has 0 heterocycles. The van der Waals surface area contributed by atoms with Gasteiger partial charge in [-0.3, -0.25) is 0 Å². The van der Waals surface area contributed by atoms with E-state index in [2.05, 4.69) is 43.4 Å². The predicted molar refractivity (Wildman–Crippen MR) is 81.4 cm³/mol. The van der Waals surface area contributed by atoms with E-state index >= 15 is 0 Å². The minimum absolute atomic E-state index is 0.481. The van der Waals surface area contributed by atoms with E-state index in [-0.39, 0.29) is 0 Å². The van der Waals surface area contributed by atoms with Gasteiger partial charge in [-0.1, -0.05) is 51.0 Å². The van der Waals surface area contributed by atoms with Crippen LogP contribution in [0, 0.1) is 5.41 Å². The van der Waals surface area contributed by atoms with Gasteiger partial charge in [-0.25, -0.2) is 0 Å². The van der Waals surface area contributed by atoms with Crippen LogP contribution in [0.1, 0.15) is 57.1 Å². The topological polar surface area (TPSA) is 12.0 Å². The Bertz CT molecular complexity index is 435. The van der Waals surface area contributed by atoms with Crippen LogP contribution in [0.5, 0.6) is 0 Å². The highest BCUT2D eigenvalue weighted by atomic mass is 15.0. The molecule has 1 fully saturated rings. The van der Waals surface area contributed by atoms with Gasteiger partial charge in [0.1, 0.15) is 0 Å². The highest BCUT2D eigenvalue weighted by molar-refractivity contribution is 5.30. The number of fused-ring (bicyclic) bond motifs is 1. The molecule has 2 atom stereocenters. The molecule has 0 bridgehead atoms. The van der Waals surface area contributed by atoms with E-state index in [1.54, 1.807) is 11.1 Å². The Labute approximate surface area is 117 Å². The third-order valence-electron chi connectivity index (χ3n) is 5.29. The van der Waals surface area contributed by atoms with Crippen molar-refractivity contribution >= 4 is 0 Å². The molecule has 1 aromatic carbocycles. The highest BCUT2D eigenvalue weighted by Crippen LogP contribution is 2.36. The molecular weight excluding hydrogens is 230 g/mol. The lowest BCUT2D eigenvalue weighted by Gasteiger charge is -2.42. The summed E-state index contributed by atoms with van der Waals surface area (Å²) in [5.74, 6) is 0. The van der Waals surface area contributed by atoms with E-state index in [9.17, 15) is 0 Å².